The van der Waals surface area contributed by atoms with Gasteiger partial charge in [0, 0.05) is 0 Å². The van der Waals surface area contributed by atoms with Gasteiger partial charge in [0.1, 0.15) is 8.07 Å². The summed E-state index contributed by atoms with van der Waals surface area (Å²) in [6, 6.07) is 10.7. The fourth-order valence-corrected chi connectivity index (χ4v) is 8.35. The maximum atomic E-state index is 9.67. The Morgan fingerprint density at radius 3 is 2.50 bits per heavy atom. The molecule has 0 aliphatic heterocycles. The highest BCUT2D eigenvalue weighted by Crippen LogP contribution is 2.17. The molecule has 0 fully saturated rings. The van der Waals surface area contributed by atoms with Crippen LogP contribution in [0.25, 0.3) is 0 Å². The van der Waals surface area contributed by atoms with Gasteiger partial charge in [0.05, 0.1) is 6.61 Å². The van der Waals surface area contributed by atoms with Gasteiger partial charge < -0.3 is 5.11 Å². The van der Waals surface area contributed by atoms with Gasteiger partial charge >= 0.3 is 0 Å². The van der Waals surface area contributed by atoms with Crippen molar-refractivity contribution >= 4 is 29.1 Å². The van der Waals surface area contributed by atoms with Gasteiger partial charge in [-0.15, -0.1) is 0 Å². The van der Waals surface area contributed by atoms with Crippen LogP contribution in [0.4, 0.5) is 0 Å². The highest BCUT2D eigenvalue weighted by molar-refractivity contribution is 7.28. The molecule has 0 unspecified atom stereocenters. The minimum absolute atomic E-state index is 0.143. The van der Waals surface area contributed by atoms with Crippen molar-refractivity contribution in [3.8, 4) is 0 Å². The lowest BCUT2D eigenvalue weighted by molar-refractivity contribution is 0.283. The van der Waals surface area contributed by atoms with Crippen LogP contribution in [0.2, 0.25) is 13.1 Å². The Morgan fingerprint density at radius 2 is 1.77 bits per heavy atom. The summed E-state index contributed by atoms with van der Waals surface area (Å²) in [5, 5.41) is 13.3. The molecular weight excluding hydrogens is 304 g/mol. The highest BCUT2D eigenvalue weighted by Gasteiger charge is 2.31. The number of thiophene rings is 1. The van der Waals surface area contributed by atoms with E-state index in [2.05, 4.69) is 49.7 Å². The van der Waals surface area contributed by atoms with E-state index in [0.717, 1.165) is 5.56 Å². The van der Waals surface area contributed by atoms with Crippen LogP contribution in [0.5, 0.6) is 0 Å². The van der Waals surface area contributed by atoms with Gasteiger partial charge in [-0.25, -0.2) is 0 Å². The van der Waals surface area contributed by atoms with E-state index in [4.69, 9.17) is 0 Å². The molecular formula is C19H28OSSi. The molecule has 0 atom stereocenters. The monoisotopic (exact) mass is 332 g/mol. The Labute approximate surface area is 140 Å². The molecule has 1 aromatic heterocycles. The SMILES string of the molecule is CCCCCCc1ccsc1[Si](C)(C)c1ccccc1CO. The van der Waals surface area contributed by atoms with Crippen molar-refractivity contribution in [3.63, 3.8) is 0 Å². The van der Waals surface area contributed by atoms with Gasteiger partial charge in [-0.05, 0) is 45.1 Å². The Kier molecular flexibility index (Phi) is 6.42. The normalized spacial score (nSPS) is 11.8. The van der Waals surface area contributed by atoms with Gasteiger partial charge in [-0.3, -0.25) is 0 Å². The molecule has 0 spiro atoms. The van der Waals surface area contributed by atoms with Gasteiger partial charge in [-0.1, -0.05) is 63.5 Å². The van der Waals surface area contributed by atoms with Crippen molar-refractivity contribution in [2.45, 2.75) is 58.7 Å². The van der Waals surface area contributed by atoms with E-state index < -0.39 is 8.07 Å². The molecule has 0 bridgehead atoms. The minimum Gasteiger partial charge on any atom is -0.392 e. The molecule has 1 nitrogen and oxygen atoms in total. The first-order valence-electron chi connectivity index (χ1n) is 8.37. The number of unbranched alkanes of at least 4 members (excludes halogenated alkanes) is 3. The summed E-state index contributed by atoms with van der Waals surface area (Å²) in [7, 11) is -1.72. The van der Waals surface area contributed by atoms with Crippen LogP contribution in [0.15, 0.2) is 35.7 Å². The zero-order valence-electron chi connectivity index (χ0n) is 14.1. The van der Waals surface area contributed by atoms with Crippen molar-refractivity contribution in [2.24, 2.45) is 0 Å². The lowest BCUT2D eigenvalue weighted by atomic mass is 10.1. The fraction of sp³-hybridized carbons (Fsp3) is 0.474. The molecule has 0 saturated carbocycles. The number of aryl methyl sites for hydroxylation is 1. The second-order valence-corrected chi connectivity index (χ2v) is 12.1. The quantitative estimate of drug-likeness (QED) is 0.568. The number of hydrogen-bond acceptors (Lipinski definition) is 2. The second-order valence-electron chi connectivity index (χ2n) is 6.53. The van der Waals surface area contributed by atoms with E-state index in [1.165, 1.54) is 37.3 Å². The highest BCUT2D eigenvalue weighted by atomic mass is 32.1. The zero-order valence-corrected chi connectivity index (χ0v) is 15.9. The van der Waals surface area contributed by atoms with Crippen LogP contribution in [0.3, 0.4) is 0 Å². The third-order valence-electron chi connectivity index (χ3n) is 4.48. The van der Waals surface area contributed by atoms with Crippen molar-refractivity contribution in [1.82, 2.24) is 0 Å². The Bertz CT molecular complexity index is 589. The topological polar surface area (TPSA) is 20.2 Å². The lowest BCUT2D eigenvalue weighted by Crippen LogP contribution is -2.54. The van der Waals surface area contributed by atoms with E-state index in [-0.39, 0.29) is 6.61 Å². The minimum atomic E-state index is -1.72. The van der Waals surface area contributed by atoms with Crippen molar-refractivity contribution in [1.29, 1.82) is 0 Å². The van der Waals surface area contributed by atoms with Crippen LogP contribution >= 0.6 is 11.3 Å². The molecule has 2 aromatic rings. The summed E-state index contributed by atoms with van der Waals surface area (Å²) in [5.41, 5.74) is 2.65. The van der Waals surface area contributed by atoms with Crippen LogP contribution in [-0.2, 0) is 13.0 Å². The number of aliphatic hydroxyl groups excluding tert-OH is 1. The maximum Gasteiger partial charge on any atom is 0.125 e. The van der Waals surface area contributed by atoms with Gasteiger partial charge in [0.2, 0.25) is 0 Å². The van der Waals surface area contributed by atoms with Gasteiger partial charge in [0.25, 0.3) is 0 Å². The van der Waals surface area contributed by atoms with E-state index in [1.54, 1.807) is 10.1 Å². The Hall–Kier alpha value is -0.903. The molecule has 1 N–H and O–H groups in total. The van der Waals surface area contributed by atoms with E-state index in [0.29, 0.717) is 0 Å². The lowest BCUT2D eigenvalue weighted by Gasteiger charge is -2.26. The molecule has 3 heteroatoms. The molecule has 0 amide bonds. The summed E-state index contributed by atoms with van der Waals surface area (Å²) in [5.74, 6) is 0. The predicted molar refractivity (Wildman–Crippen MR) is 101 cm³/mol. The van der Waals surface area contributed by atoms with Crippen molar-refractivity contribution in [3.05, 3.63) is 46.8 Å². The number of aliphatic hydroxyl groups is 1. The van der Waals surface area contributed by atoms with E-state index >= 15 is 0 Å². The summed E-state index contributed by atoms with van der Waals surface area (Å²) in [6.45, 7) is 7.24. The smallest absolute Gasteiger partial charge is 0.125 e. The van der Waals surface area contributed by atoms with Crippen molar-refractivity contribution in [2.75, 3.05) is 0 Å². The largest absolute Gasteiger partial charge is 0.392 e. The average molecular weight is 333 g/mol. The summed E-state index contributed by atoms with van der Waals surface area (Å²) in [6.07, 6.45) is 6.47. The summed E-state index contributed by atoms with van der Waals surface area (Å²) >= 11 is 1.91. The number of hydrogen-bond donors (Lipinski definition) is 1. The standard InChI is InChI=1S/C19H28OSSi/c1-4-5-6-7-10-16-13-14-21-19(16)22(2,3)18-12-9-8-11-17(18)15-20/h8-9,11-14,20H,4-7,10,15H2,1-3H3. The molecule has 2 rings (SSSR count). The Morgan fingerprint density at radius 1 is 1.00 bits per heavy atom. The molecule has 1 heterocycles. The Balaban J connectivity index is 2.24. The number of rotatable bonds is 8. The fourth-order valence-electron chi connectivity index (χ4n) is 3.21. The molecule has 0 aliphatic carbocycles. The zero-order chi connectivity index (χ0) is 16.0. The predicted octanol–water partition coefficient (Wildman–Crippen LogP) is 4.19. The summed E-state index contributed by atoms with van der Waals surface area (Å²) in [4.78, 5) is 0. The molecule has 0 aliphatic rings. The molecule has 0 saturated heterocycles. The average Bonchev–Trinajstić information content (AvgIpc) is 3.01. The molecule has 120 valence electrons. The van der Waals surface area contributed by atoms with Crippen LogP contribution in [-0.4, -0.2) is 13.2 Å². The first-order chi connectivity index (χ1) is 10.6. The van der Waals surface area contributed by atoms with Crippen LogP contribution in [0.1, 0.15) is 43.7 Å². The summed E-state index contributed by atoms with van der Waals surface area (Å²) < 4.78 is 1.59. The van der Waals surface area contributed by atoms with Gasteiger partial charge in [0.15, 0.2) is 0 Å². The van der Waals surface area contributed by atoms with Crippen molar-refractivity contribution < 1.29 is 5.11 Å². The van der Waals surface area contributed by atoms with Gasteiger partial charge in [-0.2, -0.15) is 11.3 Å². The number of benzene rings is 1. The van der Waals surface area contributed by atoms with Crippen LogP contribution < -0.4 is 9.69 Å². The third-order valence-corrected chi connectivity index (χ3v) is 10.4. The second kappa shape index (κ2) is 8.09. The molecule has 22 heavy (non-hydrogen) atoms. The maximum absolute atomic E-state index is 9.67. The van der Waals surface area contributed by atoms with E-state index in [9.17, 15) is 5.11 Å². The first kappa shape index (κ1) is 17.5. The first-order valence-corrected chi connectivity index (χ1v) is 12.2. The third kappa shape index (κ3) is 3.89. The molecule has 0 radical (unpaired) electrons. The van der Waals surface area contributed by atoms with Crippen LogP contribution in [0, 0.1) is 0 Å². The molecule has 1 aromatic carbocycles. The van der Waals surface area contributed by atoms with E-state index in [1.807, 2.05) is 17.4 Å².